The van der Waals surface area contributed by atoms with Gasteiger partial charge in [-0.05, 0) is 26.7 Å². The lowest BCUT2D eigenvalue weighted by atomic mass is 9.78. The lowest BCUT2D eigenvalue weighted by Gasteiger charge is -2.44. The summed E-state index contributed by atoms with van der Waals surface area (Å²) < 4.78 is 5.70. The molecule has 3 atom stereocenters. The van der Waals surface area contributed by atoms with E-state index in [0.29, 0.717) is 25.9 Å². The molecule has 0 spiro atoms. The van der Waals surface area contributed by atoms with Gasteiger partial charge in [0.05, 0.1) is 30.1 Å². The smallest absolute Gasteiger partial charge is 0.307 e. The van der Waals surface area contributed by atoms with Crippen molar-refractivity contribution < 1.29 is 24.5 Å². The fourth-order valence-electron chi connectivity index (χ4n) is 3.52. The molecule has 1 aliphatic heterocycles. The van der Waals surface area contributed by atoms with Gasteiger partial charge in [0, 0.05) is 13.1 Å². The van der Waals surface area contributed by atoms with Crippen LogP contribution in [0, 0.1) is 11.8 Å². The number of hydrogen-bond donors (Lipinski definition) is 2. The molecule has 0 aromatic carbocycles. The third-order valence-electron chi connectivity index (χ3n) is 4.40. The molecule has 2 rings (SSSR count). The molecular formula is C15H25NO5. The first kappa shape index (κ1) is 16.2. The van der Waals surface area contributed by atoms with Crippen LogP contribution in [-0.2, 0) is 14.3 Å². The average Bonchev–Trinajstić information content (AvgIpc) is 2.44. The predicted molar refractivity (Wildman–Crippen MR) is 75.7 cm³/mol. The van der Waals surface area contributed by atoms with E-state index in [1.807, 2.05) is 13.8 Å². The van der Waals surface area contributed by atoms with Crippen molar-refractivity contribution >= 4 is 11.9 Å². The van der Waals surface area contributed by atoms with Gasteiger partial charge in [-0.25, -0.2) is 0 Å². The second-order valence-corrected chi connectivity index (χ2v) is 6.74. The maximum absolute atomic E-state index is 12.7. The van der Waals surface area contributed by atoms with E-state index >= 15 is 0 Å². The zero-order valence-corrected chi connectivity index (χ0v) is 12.7. The summed E-state index contributed by atoms with van der Waals surface area (Å²) in [5.74, 6) is -1.99. The van der Waals surface area contributed by atoms with Gasteiger partial charge in [-0.3, -0.25) is 9.59 Å². The number of carboxylic acids is 1. The lowest BCUT2D eigenvalue weighted by molar-refractivity contribution is -0.173. The van der Waals surface area contributed by atoms with Crippen molar-refractivity contribution in [1.82, 2.24) is 4.90 Å². The van der Waals surface area contributed by atoms with Gasteiger partial charge in [-0.15, -0.1) is 0 Å². The highest BCUT2D eigenvalue weighted by Crippen LogP contribution is 2.33. The molecule has 0 aromatic heterocycles. The maximum Gasteiger partial charge on any atom is 0.307 e. The van der Waals surface area contributed by atoms with Crippen LogP contribution in [0.2, 0.25) is 0 Å². The van der Waals surface area contributed by atoms with Crippen molar-refractivity contribution in [3.05, 3.63) is 0 Å². The van der Waals surface area contributed by atoms with Crippen LogP contribution in [0.1, 0.15) is 39.5 Å². The Morgan fingerprint density at radius 2 is 1.86 bits per heavy atom. The molecule has 1 aliphatic carbocycles. The summed E-state index contributed by atoms with van der Waals surface area (Å²) in [6.45, 7) is 4.39. The minimum Gasteiger partial charge on any atom is -0.481 e. The number of morpholine rings is 1. The van der Waals surface area contributed by atoms with Crippen molar-refractivity contribution in [3.8, 4) is 0 Å². The summed E-state index contributed by atoms with van der Waals surface area (Å²) in [6.07, 6.45) is 2.58. The zero-order chi connectivity index (χ0) is 15.6. The van der Waals surface area contributed by atoms with Crippen LogP contribution >= 0.6 is 0 Å². The molecule has 21 heavy (non-hydrogen) atoms. The van der Waals surface area contributed by atoms with Gasteiger partial charge < -0.3 is 19.8 Å². The fraction of sp³-hybridized carbons (Fsp3) is 0.867. The van der Waals surface area contributed by atoms with Crippen LogP contribution in [0.25, 0.3) is 0 Å². The molecule has 1 saturated heterocycles. The SMILES string of the molecule is CC1(C)CN(C(=O)[C@@H]2CCCC[C@@H]2C(=O)O)CC(CO)O1. The normalized spacial score (nSPS) is 32.7. The Kier molecular flexibility index (Phi) is 4.88. The van der Waals surface area contributed by atoms with Gasteiger partial charge in [-0.2, -0.15) is 0 Å². The first-order chi connectivity index (χ1) is 9.84. The predicted octanol–water partition coefficient (Wildman–Crippen LogP) is 0.876. The molecule has 2 N–H and O–H groups in total. The molecule has 0 aromatic rings. The van der Waals surface area contributed by atoms with E-state index in [-0.39, 0.29) is 12.5 Å². The third kappa shape index (κ3) is 3.74. The van der Waals surface area contributed by atoms with E-state index in [1.54, 1.807) is 4.90 Å². The standard InChI is InChI=1S/C15H25NO5/c1-15(2)9-16(7-10(8-17)21-15)13(18)11-5-3-4-6-12(11)14(19)20/h10-12,17H,3-9H2,1-2H3,(H,19,20)/t10?,11-,12+/m1/s1. The molecule has 0 bridgehead atoms. The monoisotopic (exact) mass is 299 g/mol. The molecule has 2 aliphatic rings. The Balaban J connectivity index is 2.11. The minimum absolute atomic E-state index is 0.100. The maximum atomic E-state index is 12.7. The molecule has 1 heterocycles. The second-order valence-electron chi connectivity index (χ2n) is 6.74. The number of nitrogens with zero attached hydrogens (tertiary/aromatic N) is 1. The highest BCUT2D eigenvalue weighted by atomic mass is 16.5. The molecule has 6 heteroatoms. The lowest BCUT2D eigenvalue weighted by Crippen LogP contribution is -2.57. The third-order valence-corrected chi connectivity index (χ3v) is 4.40. The molecular weight excluding hydrogens is 274 g/mol. The van der Waals surface area contributed by atoms with E-state index in [9.17, 15) is 19.8 Å². The Morgan fingerprint density at radius 3 is 2.43 bits per heavy atom. The van der Waals surface area contributed by atoms with E-state index in [0.717, 1.165) is 12.8 Å². The van der Waals surface area contributed by atoms with Gasteiger partial charge in [0.25, 0.3) is 0 Å². The van der Waals surface area contributed by atoms with Crippen molar-refractivity contribution in [2.75, 3.05) is 19.7 Å². The minimum atomic E-state index is -0.876. The highest BCUT2D eigenvalue weighted by Gasteiger charge is 2.42. The molecule has 0 radical (unpaired) electrons. The zero-order valence-electron chi connectivity index (χ0n) is 12.7. The first-order valence-electron chi connectivity index (χ1n) is 7.64. The van der Waals surface area contributed by atoms with Gasteiger partial charge in [-0.1, -0.05) is 12.8 Å². The summed E-state index contributed by atoms with van der Waals surface area (Å²) >= 11 is 0. The van der Waals surface area contributed by atoms with E-state index in [2.05, 4.69) is 0 Å². The van der Waals surface area contributed by atoms with Gasteiger partial charge >= 0.3 is 5.97 Å². The topological polar surface area (TPSA) is 87.1 Å². The van der Waals surface area contributed by atoms with Gasteiger partial charge in [0.2, 0.25) is 5.91 Å². The molecule has 1 saturated carbocycles. The van der Waals surface area contributed by atoms with E-state index < -0.39 is 29.5 Å². The Hall–Kier alpha value is -1.14. The molecule has 2 fully saturated rings. The van der Waals surface area contributed by atoms with Crippen molar-refractivity contribution in [2.45, 2.75) is 51.2 Å². The van der Waals surface area contributed by atoms with Gasteiger partial charge in [0.1, 0.15) is 0 Å². The summed E-state index contributed by atoms with van der Waals surface area (Å²) in [7, 11) is 0. The number of hydrogen-bond acceptors (Lipinski definition) is 4. The number of carbonyl (C=O) groups excluding carboxylic acids is 1. The van der Waals surface area contributed by atoms with E-state index in [1.165, 1.54) is 0 Å². The van der Waals surface area contributed by atoms with Crippen molar-refractivity contribution in [3.63, 3.8) is 0 Å². The number of ether oxygens (including phenoxy) is 1. The number of carboxylic acid groups (broad SMARTS) is 1. The van der Waals surface area contributed by atoms with Crippen molar-refractivity contribution in [2.24, 2.45) is 11.8 Å². The van der Waals surface area contributed by atoms with Crippen LogP contribution in [-0.4, -0.2) is 58.4 Å². The Bertz CT molecular complexity index is 409. The van der Waals surface area contributed by atoms with Gasteiger partial charge in [0.15, 0.2) is 0 Å². The fourth-order valence-corrected chi connectivity index (χ4v) is 3.52. The molecule has 120 valence electrons. The Labute approximate surface area is 125 Å². The second kappa shape index (κ2) is 6.32. The van der Waals surface area contributed by atoms with E-state index in [4.69, 9.17) is 4.74 Å². The first-order valence-corrected chi connectivity index (χ1v) is 7.64. The molecule has 1 unspecified atom stereocenters. The number of amides is 1. The summed E-state index contributed by atoms with van der Waals surface area (Å²) in [5, 5.41) is 18.6. The molecule has 6 nitrogen and oxygen atoms in total. The number of carbonyl (C=O) groups is 2. The number of rotatable bonds is 3. The van der Waals surface area contributed by atoms with Crippen LogP contribution < -0.4 is 0 Å². The summed E-state index contributed by atoms with van der Waals surface area (Å²) in [5.41, 5.74) is -0.519. The van der Waals surface area contributed by atoms with Crippen LogP contribution in [0.4, 0.5) is 0 Å². The number of aliphatic hydroxyl groups excluding tert-OH is 1. The average molecular weight is 299 g/mol. The van der Waals surface area contributed by atoms with Crippen LogP contribution in [0.5, 0.6) is 0 Å². The van der Waals surface area contributed by atoms with Crippen LogP contribution in [0.3, 0.4) is 0 Å². The van der Waals surface area contributed by atoms with Crippen molar-refractivity contribution in [1.29, 1.82) is 0 Å². The summed E-state index contributed by atoms with van der Waals surface area (Å²) in [4.78, 5) is 25.8. The molecule has 1 amide bonds. The largest absolute Gasteiger partial charge is 0.481 e. The highest BCUT2D eigenvalue weighted by molar-refractivity contribution is 5.85. The summed E-state index contributed by atoms with van der Waals surface area (Å²) in [6, 6.07) is 0. The Morgan fingerprint density at radius 1 is 1.24 bits per heavy atom. The number of aliphatic carboxylic acids is 1. The number of aliphatic hydroxyl groups is 1. The van der Waals surface area contributed by atoms with Crippen LogP contribution in [0.15, 0.2) is 0 Å². The quantitative estimate of drug-likeness (QED) is 0.807.